The summed E-state index contributed by atoms with van der Waals surface area (Å²) >= 11 is 1.87. The van der Waals surface area contributed by atoms with E-state index in [2.05, 4.69) is 229 Å². The Morgan fingerprint density at radius 3 is 1.52 bits per heavy atom. The van der Waals surface area contributed by atoms with Gasteiger partial charge in [-0.2, -0.15) is 0 Å². The molecule has 0 saturated carbocycles. The lowest BCUT2D eigenvalue weighted by atomic mass is 9.91. The van der Waals surface area contributed by atoms with E-state index in [4.69, 9.17) is 0 Å². The van der Waals surface area contributed by atoms with Crippen LogP contribution in [0.3, 0.4) is 0 Å². The first-order chi connectivity index (χ1) is 28.8. The molecule has 0 aliphatic carbocycles. The molecule has 0 aliphatic rings. The van der Waals surface area contributed by atoms with Gasteiger partial charge in [-0.25, -0.2) is 0 Å². The second kappa shape index (κ2) is 14.4. The zero-order chi connectivity index (χ0) is 38.4. The van der Waals surface area contributed by atoms with Crippen molar-refractivity contribution in [2.75, 3.05) is 4.90 Å². The molecule has 11 aromatic rings. The Labute approximate surface area is 342 Å². The standard InChI is InChI=1S/C56H37NS/c1-3-14-39(15-4-1)48-23-11-19-42-20-12-24-49(55(42)48)41-30-34-46(35-31-41)57(53-26-13-25-51-50-22-9-10-27-54(50)58-56(51)53)45-32-28-38(29-33-45)44-36-43-18-7-8-21-47(43)52(37-44)40-16-5-2-6-17-40/h1-37H. The van der Waals surface area contributed by atoms with Crippen LogP contribution in [0.4, 0.5) is 17.1 Å². The minimum Gasteiger partial charge on any atom is -0.309 e. The number of fused-ring (bicyclic) bond motifs is 5. The average Bonchev–Trinajstić information content (AvgIpc) is 3.69. The first-order valence-electron chi connectivity index (χ1n) is 19.8. The van der Waals surface area contributed by atoms with Crippen molar-refractivity contribution < 1.29 is 0 Å². The molecule has 0 spiro atoms. The third-order valence-corrected chi connectivity index (χ3v) is 12.7. The van der Waals surface area contributed by atoms with Crippen LogP contribution in [0.1, 0.15) is 0 Å². The summed E-state index contributed by atoms with van der Waals surface area (Å²) in [5.41, 5.74) is 13.2. The van der Waals surface area contributed by atoms with Crippen LogP contribution >= 0.6 is 11.3 Å². The second-order valence-corrected chi connectivity index (χ2v) is 15.9. The van der Waals surface area contributed by atoms with Gasteiger partial charge >= 0.3 is 0 Å². The number of nitrogens with zero attached hydrogens (tertiary/aromatic N) is 1. The molecule has 11 rings (SSSR count). The first kappa shape index (κ1) is 34.0. The zero-order valence-electron chi connectivity index (χ0n) is 31.7. The molecule has 1 aromatic heterocycles. The number of anilines is 3. The fraction of sp³-hybridized carbons (Fsp3) is 0. The van der Waals surface area contributed by atoms with Crippen LogP contribution in [0.2, 0.25) is 0 Å². The lowest BCUT2D eigenvalue weighted by Crippen LogP contribution is -2.10. The quantitative estimate of drug-likeness (QED) is 0.157. The van der Waals surface area contributed by atoms with E-state index in [0.29, 0.717) is 0 Å². The van der Waals surface area contributed by atoms with Crippen LogP contribution in [-0.2, 0) is 0 Å². The smallest absolute Gasteiger partial charge is 0.0640 e. The largest absolute Gasteiger partial charge is 0.309 e. The highest BCUT2D eigenvalue weighted by atomic mass is 32.1. The maximum Gasteiger partial charge on any atom is 0.0640 e. The maximum atomic E-state index is 2.43. The van der Waals surface area contributed by atoms with Crippen LogP contribution in [0.15, 0.2) is 224 Å². The Hall–Kier alpha value is -7.26. The Bertz CT molecular complexity index is 3250. The zero-order valence-corrected chi connectivity index (χ0v) is 32.5. The summed E-state index contributed by atoms with van der Waals surface area (Å²) < 4.78 is 2.58. The van der Waals surface area contributed by atoms with Crippen molar-refractivity contribution in [1.29, 1.82) is 0 Å². The van der Waals surface area contributed by atoms with Crippen molar-refractivity contribution in [1.82, 2.24) is 0 Å². The molecule has 272 valence electrons. The van der Waals surface area contributed by atoms with Gasteiger partial charge in [0.2, 0.25) is 0 Å². The lowest BCUT2D eigenvalue weighted by Gasteiger charge is -2.26. The van der Waals surface area contributed by atoms with E-state index < -0.39 is 0 Å². The molecule has 0 radical (unpaired) electrons. The Kier molecular flexibility index (Phi) is 8.42. The predicted molar refractivity (Wildman–Crippen MR) is 251 cm³/mol. The number of benzene rings is 10. The fourth-order valence-electron chi connectivity index (χ4n) is 8.70. The van der Waals surface area contributed by atoms with Gasteiger partial charge < -0.3 is 4.90 Å². The van der Waals surface area contributed by atoms with Crippen molar-refractivity contribution >= 4 is 70.1 Å². The molecule has 1 heterocycles. The molecule has 0 aliphatic heterocycles. The van der Waals surface area contributed by atoms with Gasteiger partial charge in [0.05, 0.1) is 10.4 Å². The number of thiophene rings is 1. The average molecular weight is 756 g/mol. The van der Waals surface area contributed by atoms with Crippen LogP contribution < -0.4 is 4.90 Å². The Morgan fingerprint density at radius 1 is 0.310 bits per heavy atom. The van der Waals surface area contributed by atoms with Gasteiger partial charge in [-0.15, -0.1) is 11.3 Å². The number of hydrogen-bond donors (Lipinski definition) is 0. The summed E-state index contributed by atoms with van der Waals surface area (Å²) in [5, 5.41) is 7.60. The highest BCUT2D eigenvalue weighted by Gasteiger charge is 2.19. The molecule has 58 heavy (non-hydrogen) atoms. The van der Waals surface area contributed by atoms with Gasteiger partial charge in [-0.1, -0.05) is 176 Å². The molecular formula is C56H37NS. The van der Waals surface area contributed by atoms with E-state index in [1.54, 1.807) is 0 Å². The normalized spacial score (nSPS) is 11.4. The molecule has 0 saturated heterocycles. The Morgan fingerprint density at radius 2 is 0.828 bits per heavy atom. The first-order valence-corrected chi connectivity index (χ1v) is 20.7. The summed E-state index contributed by atoms with van der Waals surface area (Å²) in [6, 6.07) is 81.9. The van der Waals surface area contributed by atoms with Crippen LogP contribution in [-0.4, -0.2) is 0 Å². The summed E-state index contributed by atoms with van der Waals surface area (Å²) in [6.45, 7) is 0. The van der Waals surface area contributed by atoms with Crippen molar-refractivity contribution in [2.24, 2.45) is 0 Å². The molecule has 0 N–H and O–H groups in total. The van der Waals surface area contributed by atoms with Crippen molar-refractivity contribution in [2.45, 2.75) is 0 Å². The van der Waals surface area contributed by atoms with E-state index in [9.17, 15) is 0 Å². The topological polar surface area (TPSA) is 3.24 Å². The molecule has 0 bridgehead atoms. The minimum atomic E-state index is 1.11. The molecule has 10 aromatic carbocycles. The summed E-state index contributed by atoms with van der Waals surface area (Å²) in [4.78, 5) is 2.43. The van der Waals surface area contributed by atoms with Crippen molar-refractivity contribution in [3.63, 3.8) is 0 Å². The van der Waals surface area contributed by atoms with E-state index >= 15 is 0 Å². The van der Waals surface area contributed by atoms with Crippen LogP contribution in [0, 0.1) is 0 Å². The molecule has 1 nitrogen and oxygen atoms in total. The van der Waals surface area contributed by atoms with Gasteiger partial charge in [0.25, 0.3) is 0 Å². The van der Waals surface area contributed by atoms with Crippen LogP contribution in [0.5, 0.6) is 0 Å². The number of hydrogen-bond acceptors (Lipinski definition) is 2. The monoisotopic (exact) mass is 755 g/mol. The van der Waals surface area contributed by atoms with E-state index in [-0.39, 0.29) is 0 Å². The van der Waals surface area contributed by atoms with E-state index in [0.717, 1.165) is 11.4 Å². The van der Waals surface area contributed by atoms with Crippen molar-refractivity contribution in [3.05, 3.63) is 224 Å². The molecule has 0 fully saturated rings. The third kappa shape index (κ3) is 5.94. The van der Waals surface area contributed by atoms with Gasteiger partial charge in [-0.05, 0) is 115 Å². The number of rotatable bonds is 7. The minimum absolute atomic E-state index is 1.11. The van der Waals surface area contributed by atoms with E-state index in [1.807, 2.05) is 11.3 Å². The van der Waals surface area contributed by atoms with Gasteiger partial charge in [0.15, 0.2) is 0 Å². The SMILES string of the molecule is c1ccc(-c2cc(-c3ccc(N(c4ccc(-c5cccc6cccc(-c7ccccc7)c56)cc4)c4cccc5c4sc4ccccc45)cc3)cc3ccccc23)cc1. The predicted octanol–water partition coefficient (Wildman–Crippen LogP) is 16.5. The maximum absolute atomic E-state index is 2.43. The van der Waals surface area contributed by atoms with Gasteiger partial charge in [0.1, 0.15) is 0 Å². The van der Waals surface area contributed by atoms with Crippen molar-refractivity contribution in [3.8, 4) is 44.5 Å². The highest BCUT2D eigenvalue weighted by Crippen LogP contribution is 2.46. The molecule has 0 atom stereocenters. The fourth-order valence-corrected chi connectivity index (χ4v) is 9.91. The highest BCUT2D eigenvalue weighted by molar-refractivity contribution is 7.26. The van der Waals surface area contributed by atoms with E-state index in [1.165, 1.54) is 91.9 Å². The lowest BCUT2D eigenvalue weighted by molar-refractivity contribution is 1.30. The van der Waals surface area contributed by atoms with Gasteiger partial charge in [0, 0.05) is 26.8 Å². The van der Waals surface area contributed by atoms with Gasteiger partial charge in [-0.3, -0.25) is 0 Å². The Balaban J connectivity index is 1.05. The summed E-state index contributed by atoms with van der Waals surface area (Å²) in [7, 11) is 0. The summed E-state index contributed by atoms with van der Waals surface area (Å²) in [6.07, 6.45) is 0. The third-order valence-electron chi connectivity index (χ3n) is 11.5. The van der Waals surface area contributed by atoms with Crippen LogP contribution in [0.25, 0.3) is 86.2 Å². The molecule has 2 heteroatoms. The molecule has 0 unspecified atom stereocenters. The second-order valence-electron chi connectivity index (χ2n) is 14.9. The molecule has 0 amide bonds. The summed E-state index contributed by atoms with van der Waals surface area (Å²) in [5.74, 6) is 0. The molecular weight excluding hydrogens is 719 g/mol.